The van der Waals surface area contributed by atoms with E-state index in [0.717, 1.165) is 25.7 Å². The number of ether oxygens (including phenoxy) is 1. The van der Waals surface area contributed by atoms with Gasteiger partial charge >= 0.3 is 0 Å². The molecular weight excluding hydrogens is 267 g/mol. The second-order valence-corrected chi connectivity index (χ2v) is 6.96. The molecule has 1 aromatic rings. The Labute approximate surface area is 125 Å². The molecule has 1 aromatic carbocycles. The van der Waals surface area contributed by atoms with Crippen LogP contribution in [0.2, 0.25) is 0 Å². The fourth-order valence-corrected chi connectivity index (χ4v) is 3.82. The van der Waals surface area contributed by atoms with E-state index < -0.39 is 5.60 Å². The smallest absolute Gasteiger partial charge is 0.170 e. The van der Waals surface area contributed by atoms with Crippen molar-refractivity contribution in [3.8, 4) is 5.75 Å². The topological polar surface area (TPSA) is 26.3 Å². The van der Waals surface area contributed by atoms with Gasteiger partial charge in [0.25, 0.3) is 0 Å². The number of ketones is 1. The normalized spacial score (nSPS) is 29.1. The molecule has 114 valence electrons. The number of rotatable bonds is 1. The van der Waals surface area contributed by atoms with Gasteiger partial charge in [-0.15, -0.1) is 0 Å². The van der Waals surface area contributed by atoms with Crippen molar-refractivity contribution in [2.24, 2.45) is 11.8 Å². The third-order valence-corrected chi connectivity index (χ3v) is 5.17. The molecule has 2 atom stereocenters. The standard InChI is InChI=1S/C18H23FO2/c1-12(2)13-4-3-8-18(9-7-13)11-16(20)15-6-5-14(19)10-17(15)21-18/h5-6,10,12-13H,3-4,7-9,11H2,1-2H3. The highest BCUT2D eigenvalue weighted by Gasteiger charge is 2.42. The Morgan fingerprint density at radius 3 is 2.86 bits per heavy atom. The van der Waals surface area contributed by atoms with Crippen molar-refractivity contribution < 1.29 is 13.9 Å². The van der Waals surface area contributed by atoms with Gasteiger partial charge in [0.15, 0.2) is 5.78 Å². The first-order chi connectivity index (χ1) is 9.99. The van der Waals surface area contributed by atoms with Crippen LogP contribution in [0.15, 0.2) is 18.2 Å². The number of halogens is 1. The summed E-state index contributed by atoms with van der Waals surface area (Å²) < 4.78 is 19.6. The Hall–Kier alpha value is -1.38. The lowest BCUT2D eigenvalue weighted by Gasteiger charge is -2.37. The third-order valence-electron chi connectivity index (χ3n) is 5.17. The number of carbonyl (C=O) groups excluding carboxylic acids is 1. The molecule has 0 bridgehead atoms. The molecule has 0 radical (unpaired) electrons. The average Bonchev–Trinajstić information content (AvgIpc) is 2.61. The Balaban J connectivity index is 1.85. The van der Waals surface area contributed by atoms with E-state index in [0.29, 0.717) is 29.6 Å². The van der Waals surface area contributed by atoms with E-state index in [9.17, 15) is 9.18 Å². The molecule has 1 aliphatic heterocycles. The van der Waals surface area contributed by atoms with Gasteiger partial charge in [-0.25, -0.2) is 4.39 Å². The molecule has 1 spiro atoms. The first-order valence-electron chi connectivity index (χ1n) is 8.01. The lowest BCUT2D eigenvalue weighted by Crippen LogP contribution is -2.41. The summed E-state index contributed by atoms with van der Waals surface area (Å²) in [5.41, 5.74) is 0.133. The number of benzene rings is 1. The molecule has 2 nitrogen and oxygen atoms in total. The number of hydrogen-bond donors (Lipinski definition) is 0. The van der Waals surface area contributed by atoms with Crippen LogP contribution in [-0.4, -0.2) is 11.4 Å². The minimum Gasteiger partial charge on any atom is -0.486 e. The SMILES string of the molecule is CC(C)C1CCCC2(CC1)CC(=O)c1ccc(F)cc1O2. The van der Waals surface area contributed by atoms with Crippen LogP contribution in [0.5, 0.6) is 5.75 Å². The minimum absolute atomic E-state index is 0.0965. The first-order valence-corrected chi connectivity index (χ1v) is 8.01. The zero-order chi connectivity index (χ0) is 15.0. The maximum Gasteiger partial charge on any atom is 0.170 e. The summed E-state index contributed by atoms with van der Waals surface area (Å²) in [6, 6.07) is 4.24. The Morgan fingerprint density at radius 2 is 2.10 bits per heavy atom. The van der Waals surface area contributed by atoms with E-state index >= 15 is 0 Å². The summed E-state index contributed by atoms with van der Waals surface area (Å²) >= 11 is 0. The summed E-state index contributed by atoms with van der Waals surface area (Å²) in [7, 11) is 0. The molecule has 0 N–H and O–H groups in total. The lowest BCUT2D eigenvalue weighted by atomic mass is 9.83. The Kier molecular flexibility index (Phi) is 3.76. The molecule has 1 fully saturated rings. The lowest BCUT2D eigenvalue weighted by molar-refractivity contribution is 0.0283. The molecule has 1 aliphatic carbocycles. The van der Waals surface area contributed by atoms with E-state index in [1.165, 1.54) is 18.6 Å². The van der Waals surface area contributed by atoms with Gasteiger partial charge in [0.05, 0.1) is 12.0 Å². The first kappa shape index (κ1) is 14.6. The number of fused-ring (bicyclic) bond motifs is 1. The molecule has 0 amide bonds. The van der Waals surface area contributed by atoms with E-state index in [1.807, 2.05) is 0 Å². The number of carbonyl (C=O) groups is 1. The fourth-order valence-electron chi connectivity index (χ4n) is 3.82. The summed E-state index contributed by atoms with van der Waals surface area (Å²) in [5, 5.41) is 0. The van der Waals surface area contributed by atoms with Gasteiger partial charge in [-0.05, 0) is 49.7 Å². The van der Waals surface area contributed by atoms with Crippen molar-refractivity contribution in [2.45, 2.75) is 58.0 Å². The fraction of sp³-hybridized carbons (Fsp3) is 0.611. The molecule has 2 aliphatic rings. The van der Waals surface area contributed by atoms with Crippen molar-refractivity contribution in [3.05, 3.63) is 29.6 Å². The van der Waals surface area contributed by atoms with Crippen molar-refractivity contribution >= 4 is 5.78 Å². The van der Waals surface area contributed by atoms with E-state index in [4.69, 9.17) is 4.74 Å². The third kappa shape index (κ3) is 2.83. The highest BCUT2D eigenvalue weighted by Crippen LogP contribution is 2.43. The Bertz CT molecular complexity index is 552. The van der Waals surface area contributed by atoms with Crippen LogP contribution in [0.4, 0.5) is 4.39 Å². The van der Waals surface area contributed by atoms with Crippen molar-refractivity contribution in [2.75, 3.05) is 0 Å². The molecule has 3 heteroatoms. The van der Waals surface area contributed by atoms with Gasteiger partial charge in [0.1, 0.15) is 17.2 Å². The average molecular weight is 290 g/mol. The van der Waals surface area contributed by atoms with E-state index in [2.05, 4.69) is 13.8 Å². The molecule has 21 heavy (non-hydrogen) atoms. The molecule has 1 saturated carbocycles. The molecule has 1 heterocycles. The van der Waals surface area contributed by atoms with Gasteiger partial charge in [-0.1, -0.05) is 20.3 Å². The molecule has 0 saturated heterocycles. The quantitative estimate of drug-likeness (QED) is 0.745. The van der Waals surface area contributed by atoms with E-state index in [1.54, 1.807) is 6.07 Å². The van der Waals surface area contributed by atoms with Gasteiger partial charge in [0, 0.05) is 6.07 Å². The monoisotopic (exact) mass is 290 g/mol. The molecule has 0 aromatic heterocycles. The summed E-state index contributed by atoms with van der Waals surface area (Å²) in [5.74, 6) is 1.57. The second kappa shape index (κ2) is 5.43. The van der Waals surface area contributed by atoms with Crippen LogP contribution in [0.1, 0.15) is 62.7 Å². The summed E-state index contributed by atoms with van der Waals surface area (Å²) in [6.07, 6.45) is 5.62. The molecule has 2 unspecified atom stereocenters. The predicted molar refractivity (Wildman–Crippen MR) is 80.1 cm³/mol. The van der Waals surface area contributed by atoms with Crippen molar-refractivity contribution in [1.29, 1.82) is 0 Å². The van der Waals surface area contributed by atoms with E-state index in [-0.39, 0.29) is 11.6 Å². The Morgan fingerprint density at radius 1 is 1.29 bits per heavy atom. The number of hydrogen-bond acceptors (Lipinski definition) is 2. The van der Waals surface area contributed by atoms with Crippen molar-refractivity contribution in [1.82, 2.24) is 0 Å². The van der Waals surface area contributed by atoms with Crippen LogP contribution in [-0.2, 0) is 0 Å². The summed E-state index contributed by atoms with van der Waals surface area (Å²) in [4.78, 5) is 12.4. The highest BCUT2D eigenvalue weighted by atomic mass is 19.1. The van der Waals surface area contributed by atoms with Crippen LogP contribution < -0.4 is 4.74 Å². The molecular formula is C18H23FO2. The van der Waals surface area contributed by atoms with Crippen molar-refractivity contribution in [3.63, 3.8) is 0 Å². The zero-order valence-electron chi connectivity index (χ0n) is 12.8. The van der Waals surface area contributed by atoms with Gasteiger partial charge in [-0.3, -0.25) is 4.79 Å². The van der Waals surface area contributed by atoms with Crippen LogP contribution in [0, 0.1) is 17.7 Å². The molecule has 3 rings (SSSR count). The maximum absolute atomic E-state index is 13.4. The van der Waals surface area contributed by atoms with Crippen LogP contribution >= 0.6 is 0 Å². The van der Waals surface area contributed by atoms with Gasteiger partial charge < -0.3 is 4.74 Å². The zero-order valence-corrected chi connectivity index (χ0v) is 12.8. The predicted octanol–water partition coefficient (Wildman–Crippen LogP) is 4.77. The minimum atomic E-state index is -0.401. The second-order valence-electron chi connectivity index (χ2n) is 6.96. The van der Waals surface area contributed by atoms with Gasteiger partial charge in [-0.2, -0.15) is 0 Å². The largest absolute Gasteiger partial charge is 0.486 e. The van der Waals surface area contributed by atoms with Gasteiger partial charge in [0.2, 0.25) is 0 Å². The summed E-state index contributed by atoms with van der Waals surface area (Å²) in [6.45, 7) is 4.53. The highest BCUT2D eigenvalue weighted by molar-refractivity contribution is 6.00. The maximum atomic E-state index is 13.4. The van der Waals surface area contributed by atoms with Crippen LogP contribution in [0.25, 0.3) is 0 Å². The number of Topliss-reactive ketones (excluding diaryl/α,β-unsaturated/α-hetero) is 1. The van der Waals surface area contributed by atoms with Crippen LogP contribution in [0.3, 0.4) is 0 Å².